The molecule has 0 aliphatic carbocycles. The molecular weight excluding hydrogens is 396 g/mol. The average Bonchev–Trinajstić information content (AvgIpc) is 2.88. The monoisotopic (exact) mass is 416 g/mol. The summed E-state index contributed by atoms with van der Waals surface area (Å²) in [7, 11) is 0. The first kappa shape index (κ1) is 15.7. The highest BCUT2D eigenvalue weighted by Gasteiger charge is 2.48. The highest BCUT2D eigenvalue weighted by atomic mass is 127. The van der Waals surface area contributed by atoms with Crippen LogP contribution >= 0.6 is 28.4 Å². The molecule has 6 heteroatoms. The summed E-state index contributed by atoms with van der Waals surface area (Å²) in [5.41, 5.74) is 2.35. The van der Waals surface area contributed by atoms with Crippen molar-refractivity contribution in [1.29, 1.82) is 0 Å². The van der Waals surface area contributed by atoms with Crippen LogP contribution in [0.15, 0.2) is 18.3 Å². The van der Waals surface area contributed by atoms with Crippen molar-refractivity contribution in [3.63, 3.8) is 0 Å². The summed E-state index contributed by atoms with van der Waals surface area (Å²) in [6.07, 6.45) is 4.45. The quantitative estimate of drug-likeness (QED) is 0.393. The largest absolute Gasteiger partial charge is 0.235 e. The number of hydrogen-bond donors (Lipinski definition) is 0. The first-order valence-corrected chi connectivity index (χ1v) is 11.4. The lowest BCUT2D eigenvalue weighted by Gasteiger charge is -2.35. The van der Waals surface area contributed by atoms with Gasteiger partial charge in [-0.2, -0.15) is 5.10 Å². The van der Waals surface area contributed by atoms with Crippen molar-refractivity contribution in [2.75, 3.05) is 0 Å². The molecule has 0 saturated carbocycles. The van der Waals surface area contributed by atoms with Gasteiger partial charge in [0, 0.05) is 5.39 Å². The maximum Gasteiger partial charge on any atom is 0.177 e. The van der Waals surface area contributed by atoms with Gasteiger partial charge in [-0.3, -0.25) is 0 Å². The minimum Gasteiger partial charge on any atom is -0.235 e. The number of aromatic nitrogens is 2. The van der Waals surface area contributed by atoms with Gasteiger partial charge in [0.2, 0.25) is 0 Å². The summed E-state index contributed by atoms with van der Waals surface area (Å²) in [4.78, 5) is 0. The summed E-state index contributed by atoms with van der Waals surface area (Å²) < 4.78 is 16.3. The van der Waals surface area contributed by atoms with Gasteiger partial charge >= 0.3 is 0 Å². The lowest BCUT2D eigenvalue weighted by molar-refractivity contribution is 0.177. The molecule has 2 heterocycles. The molecule has 112 valence electrons. The Hall–Kier alpha value is -0.155. The number of rotatable bonds is 2. The van der Waals surface area contributed by atoms with Crippen molar-refractivity contribution in [3.05, 3.63) is 24.1 Å². The molecule has 0 bridgehead atoms. The number of hydrogen-bond acceptors (Lipinski definition) is 1. The summed E-state index contributed by atoms with van der Waals surface area (Å²) in [5.74, 6) is -0.133. The number of fused-ring (bicyclic) bond motifs is 1. The van der Waals surface area contributed by atoms with E-state index >= 15 is 0 Å². The fourth-order valence-corrected chi connectivity index (χ4v) is 5.05. The van der Waals surface area contributed by atoms with Crippen LogP contribution in [0.25, 0.3) is 10.9 Å². The molecule has 0 radical (unpaired) electrons. The van der Waals surface area contributed by atoms with Gasteiger partial charge in [-0.05, 0) is 38.9 Å². The van der Waals surface area contributed by atoms with Gasteiger partial charge in [-0.1, -0.05) is 51.9 Å². The molecule has 0 spiro atoms. The van der Waals surface area contributed by atoms with E-state index in [1.165, 1.54) is 0 Å². The van der Waals surface area contributed by atoms with Crippen LogP contribution in [0, 0.1) is 16.6 Å². The Bertz CT molecular complexity index is 682. The van der Waals surface area contributed by atoms with Crippen LogP contribution in [0.3, 0.4) is 0 Å². The first-order chi connectivity index (χ1) is 9.75. The van der Waals surface area contributed by atoms with Crippen molar-refractivity contribution in [2.45, 2.75) is 40.3 Å². The van der Waals surface area contributed by atoms with E-state index < -0.39 is 0 Å². The van der Waals surface area contributed by atoms with Crippen LogP contribution in [0.2, 0.25) is 12.6 Å². The Labute approximate surface area is 140 Å². The van der Waals surface area contributed by atoms with Crippen LogP contribution in [-0.4, -0.2) is 16.3 Å². The van der Waals surface area contributed by atoms with E-state index in [4.69, 9.17) is 0 Å². The fourth-order valence-electron chi connectivity index (χ4n) is 3.53. The van der Waals surface area contributed by atoms with E-state index in [9.17, 15) is 4.39 Å². The average molecular weight is 416 g/mol. The zero-order valence-electron chi connectivity index (χ0n) is 12.9. The molecular formula is C15H20BFIN2P. The van der Waals surface area contributed by atoms with E-state index in [1.807, 2.05) is 0 Å². The van der Waals surface area contributed by atoms with Crippen molar-refractivity contribution in [3.8, 4) is 0 Å². The second kappa shape index (κ2) is 5.19. The molecule has 1 unspecified atom stereocenters. The Morgan fingerprint density at radius 1 is 1.24 bits per heavy atom. The predicted molar refractivity (Wildman–Crippen MR) is 100.0 cm³/mol. The third kappa shape index (κ3) is 2.54. The fraction of sp³-hybridized carbons (Fsp3) is 0.533. The lowest BCUT2D eigenvalue weighted by atomic mass is 9.42. The predicted octanol–water partition coefficient (Wildman–Crippen LogP) is 4.73. The molecule has 0 amide bonds. The second-order valence-electron chi connectivity index (χ2n) is 7.45. The van der Waals surface area contributed by atoms with Crippen LogP contribution < -0.4 is 5.46 Å². The van der Waals surface area contributed by atoms with Crippen molar-refractivity contribution >= 4 is 51.5 Å². The topological polar surface area (TPSA) is 17.8 Å². The number of halogens is 2. The van der Waals surface area contributed by atoms with Crippen molar-refractivity contribution < 1.29 is 4.39 Å². The van der Waals surface area contributed by atoms with Crippen LogP contribution in [0.1, 0.15) is 27.7 Å². The molecule has 2 nitrogen and oxygen atoms in total. The van der Waals surface area contributed by atoms with E-state index in [2.05, 4.69) is 60.9 Å². The molecule has 3 rings (SSSR count). The molecule has 1 atom stereocenters. The zero-order valence-corrected chi connectivity index (χ0v) is 16.0. The Morgan fingerprint density at radius 3 is 2.43 bits per heavy atom. The smallest absolute Gasteiger partial charge is 0.177 e. The van der Waals surface area contributed by atoms with E-state index in [1.54, 1.807) is 16.7 Å². The van der Waals surface area contributed by atoms with E-state index in [-0.39, 0.29) is 16.6 Å². The normalized spacial score (nSPS) is 21.0. The van der Waals surface area contributed by atoms with Gasteiger partial charge < -0.3 is 0 Å². The third-order valence-electron chi connectivity index (χ3n) is 5.54. The zero-order chi connectivity index (χ0) is 15.4. The van der Waals surface area contributed by atoms with Gasteiger partial charge in [0.15, 0.2) is 6.71 Å². The Kier molecular flexibility index (Phi) is 3.89. The second-order valence-corrected chi connectivity index (χ2v) is 9.49. The summed E-state index contributed by atoms with van der Waals surface area (Å²) in [5, 5.41) is 5.21. The molecule has 1 aromatic heterocycles. The van der Waals surface area contributed by atoms with Gasteiger partial charge in [0.25, 0.3) is 0 Å². The van der Waals surface area contributed by atoms with Crippen LogP contribution in [0.5, 0.6) is 0 Å². The van der Waals surface area contributed by atoms with Gasteiger partial charge in [0.1, 0.15) is 11.3 Å². The Balaban J connectivity index is 2.03. The molecule has 0 N–H and O–H groups in total. The summed E-state index contributed by atoms with van der Waals surface area (Å²) in [6.45, 7) is 9.77. The van der Waals surface area contributed by atoms with Crippen molar-refractivity contribution in [1.82, 2.24) is 9.55 Å². The van der Waals surface area contributed by atoms with E-state index in [0.717, 1.165) is 23.5 Å². The third-order valence-corrected chi connectivity index (χ3v) is 7.41. The SMILES string of the molecule is CC1(C)CB(c2cc(F)c3c(cnn3PI)c2)CC1(C)C. The highest BCUT2D eigenvalue weighted by molar-refractivity contribution is 14.2. The number of nitrogens with zero attached hydrogens (tertiary/aromatic N) is 2. The summed E-state index contributed by atoms with van der Waals surface area (Å²) in [6, 6.07) is 3.88. The summed E-state index contributed by atoms with van der Waals surface area (Å²) >= 11 is 2.23. The van der Waals surface area contributed by atoms with Crippen molar-refractivity contribution in [2.24, 2.45) is 10.8 Å². The first-order valence-electron chi connectivity index (χ1n) is 7.29. The maximum atomic E-state index is 14.5. The minimum atomic E-state index is -0.133. The molecule has 1 aromatic carbocycles. The molecule has 1 fully saturated rings. The van der Waals surface area contributed by atoms with Gasteiger partial charge in [-0.25, -0.2) is 8.84 Å². The van der Waals surface area contributed by atoms with Crippen LogP contribution in [0.4, 0.5) is 4.39 Å². The minimum absolute atomic E-state index is 0.133. The van der Waals surface area contributed by atoms with Gasteiger partial charge in [0.05, 0.1) is 12.6 Å². The lowest BCUT2D eigenvalue weighted by Crippen LogP contribution is -2.28. The highest BCUT2D eigenvalue weighted by Crippen LogP contribution is 2.52. The van der Waals surface area contributed by atoms with E-state index in [0.29, 0.717) is 18.6 Å². The molecule has 1 aliphatic rings. The standard InChI is InChI=1S/C15H20BFIN2P/c1-14(2)8-16(9-15(14,3)4)11-5-10-7-19-20(21-18)13(10)12(17)6-11/h5-7,21H,8-9H2,1-4H3. The molecule has 21 heavy (non-hydrogen) atoms. The number of benzene rings is 1. The Morgan fingerprint density at radius 2 is 1.86 bits per heavy atom. The van der Waals surface area contributed by atoms with Gasteiger partial charge in [-0.15, -0.1) is 0 Å². The molecule has 2 aromatic rings. The maximum absolute atomic E-state index is 14.5. The van der Waals surface area contributed by atoms with Crippen LogP contribution in [-0.2, 0) is 0 Å². The molecule has 1 aliphatic heterocycles. The molecule has 1 saturated heterocycles.